The van der Waals surface area contributed by atoms with Gasteiger partial charge < -0.3 is 16.0 Å². The Balaban J connectivity index is 0.00000225. The first-order chi connectivity index (χ1) is 11.6. The maximum Gasteiger partial charge on any atom is 0.242 e. The van der Waals surface area contributed by atoms with Gasteiger partial charge in [0.1, 0.15) is 6.04 Å². The fourth-order valence-electron chi connectivity index (χ4n) is 4.03. The average Bonchev–Trinajstić information content (AvgIpc) is 3.05. The van der Waals surface area contributed by atoms with Crippen molar-refractivity contribution in [2.75, 3.05) is 13.1 Å². The van der Waals surface area contributed by atoms with E-state index in [0.29, 0.717) is 12.5 Å². The van der Waals surface area contributed by atoms with Gasteiger partial charge in [0.25, 0.3) is 0 Å². The topological polar surface area (TPSA) is 70.2 Å². The van der Waals surface area contributed by atoms with Crippen LogP contribution >= 0.6 is 12.4 Å². The molecule has 2 amide bonds. The van der Waals surface area contributed by atoms with Gasteiger partial charge in [0, 0.05) is 13.1 Å². The van der Waals surface area contributed by atoms with E-state index in [1.165, 1.54) is 6.42 Å². The van der Waals surface area contributed by atoms with Crippen LogP contribution in [0.2, 0.25) is 0 Å². The van der Waals surface area contributed by atoms with Crippen molar-refractivity contribution >= 4 is 24.2 Å². The largest absolute Gasteiger partial charge is 0.350 e. The Morgan fingerprint density at radius 2 is 2.04 bits per heavy atom. The lowest BCUT2D eigenvalue weighted by atomic mass is 9.67. The lowest BCUT2D eigenvalue weighted by Crippen LogP contribution is -2.53. The summed E-state index contributed by atoms with van der Waals surface area (Å²) in [5, 5.41) is 9.23. The third kappa shape index (κ3) is 4.33. The molecular weight excluding hydrogens is 338 g/mol. The van der Waals surface area contributed by atoms with Crippen molar-refractivity contribution in [1.82, 2.24) is 16.0 Å². The Bertz CT molecular complexity index is 596. The van der Waals surface area contributed by atoms with Crippen molar-refractivity contribution in [3.63, 3.8) is 0 Å². The molecule has 1 aromatic carbocycles. The molecule has 1 aromatic rings. The van der Waals surface area contributed by atoms with Crippen molar-refractivity contribution in [3.05, 3.63) is 35.9 Å². The molecule has 138 valence electrons. The standard InChI is InChI=1S/C19H27N3O2.ClH/c1-14(17(23)21-11-15-7-3-2-4-8-15)22-18(24)19-10-6-5-9-16(19)12-20-13-19;/h2-4,7-8,14,16,20H,5-6,9-13H2,1H3,(H,21,23)(H,22,24);1H/t14?,16-,19+;/m0./s1. The smallest absolute Gasteiger partial charge is 0.242 e. The molecule has 2 aliphatic rings. The zero-order chi connectivity index (χ0) is 17.0. The van der Waals surface area contributed by atoms with Gasteiger partial charge in [-0.05, 0) is 37.8 Å². The number of hydrogen-bond donors (Lipinski definition) is 3. The van der Waals surface area contributed by atoms with E-state index < -0.39 is 6.04 Å². The van der Waals surface area contributed by atoms with E-state index >= 15 is 0 Å². The Kier molecular flexibility index (Phi) is 6.85. The first-order valence-corrected chi connectivity index (χ1v) is 8.95. The van der Waals surface area contributed by atoms with Crippen LogP contribution in [0.3, 0.4) is 0 Å². The predicted molar refractivity (Wildman–Crippen MR) is 100 cm³/mol. The van der Waals surface area contributed by atoms with Gasteiger partial charge in [0.2, 0.25) is 11.8 Å². The summed E-state index contributed by atoms with van der Waals surface area (Å²) in [5.74, 6) is 0.312. The van der Waals surface area contributed by atoms with Crippen molar-refractivity contribution in [1.29, 1.82) is 0 Å². The lowest BCUT2D eigenvalue weighted by Gasteiger charge is -2.37. The summed E-state index contributed by atoms with van der Waals surface area (Å²) in [4.78, 5) is 25.1. The minimum Gasteiger partial charge on any atom is -0.350 e. The highest BCUT2D eigenvalue weighted by Gasteiger charge is 2.50. The van der Waals surface area contributed by atoms with Gasteiger partial charge in [-0.25, -0.2) is 0 Å². The normalized spacial score (nSPS) is 26.0. The summed E-state index contributed by atoms with van der Waals surface area (Å²) in [6, 6.07) is 9.27. The Morgan fingerprint density at radius 3 is 2.80 bits per heavy atom. The third-order valence-electron chi connectivity index (χ3n) is 5.54. The number of fused-ring (bicyclic) bond motifs is 1. The molecule has 2 fully saturated rings. The molecule has 3 atom stereocenters. The molecule has 1 heterocycles. The number of amides is 2. The van der Waals surface area contributed by atoms with E-state index in [0.717, 1.165) is 37.9 Å². The van der Waals surface area contributed by atoms with Crippen molar-refractivity contribution in [3.8, 4) is 0 Å². The molecule has 0 radical (unpaired) electrons. The van der Waals surface area contributed by atoms with Crippen LogP contribution in [-0.2, 0) is 16.1 Å². The monoisotopic (exact) mass is 365 g/mol. The highest BCUT2D eigenvalue weighted by molar-refractivity contribution is 5.90. The van der Waals surface area contributed by atoms with Crippen molar-refractivity contribution in [2.24, 2.45) is 11.3 Å². The third-order valence-corrected chi connectivity index (χ3v) is 5.54. The number of carbonyl (C=O) groups excluding carboxylic acids is 2. The first-order valence-electron chi connectivity index (χ1n) is 8.95. The minimum absolute atomic E-state index is 0. The summed E-state index contributed by atoms with van der Waals surface area (Å²) in [7, 11) is 0. The highest BCUT2D eigenvalue weighted by Crippen LogP contribution is 2.43. The molecule has 1 aliphatic carbocycles. The van der Waals surface area contributed by atoms with Crippen LogP contribution in [0.4, 0.5) is 0 Å². The van der Waals surface area contributed by atoms with Crippen LogP contribution < -0.4 is 16.0 Å². The maximum absolute atomic E-state index is 12.9. The lowest BCUT2D eigenvalue weighted by molar-refractivity contribution is -0.137. The molecule has 1 unspecified atom stereocenters. The first kappa shape index (κ1) is 19.7. The Hall–Kier alpha value is -1.59. The zero-order valence-corrected chi connectivity index (χ0v) is 15.5. The minimum atomic E-state index is -0.515. The number of rotatable bonds is 5. The van der Waals surface area contributed by atoms with E-state index in [4.69, 9.17) is 0 Å². The predicted octanol–water partition coefficient (Wildman–Crippen LogP) is 2.01. The van der Waals surface area contributed by atoms with Crippen LogP contribution in [0.25, 0.3) is 0 Å². The van der Waals surface area contributed by atoms with Crippen LogP contribution in [0.15, 0.2) is 30.3 Å². The van der Waals surface area contributed by atoms with Gasteiger partial charge in [-0.15, -0.1) is 12.4 Å². The summed E-state index contributed by atoms with van der Waals surface area (Å²) in [5.41, 5.74) is 0.738. The fraction of sp³-hybridized carbons (Fsp3) is 0.579. The van der Waals surface area contributed by atoms with Crippen LogP contribution in [-0.4, -0.2) is 30.9 Å². The van der Waals surface area contributed by atoms with E-state index in [1.807, 2.05) is 30.3 Å². The molecule has 5 nitrogen and oxygen atoms in total. The molecule has 1 saturated heterocycles. The van der Waals surface area contributed by atoms with Crippen molar-refractivity contribution in [2.45, 2.75) is 45.2 Å². The van der Waals surface area contributed by atoms with Crippen molar-refractivity contribution < 1.29 is 9.59 Å². The molecule has 1 aliphatic heterocycles. The highest BCUT2D eigenvalue weighted by atomic mass is 35.5. The maximum atomic E-state index is 12.9. The van der Waals surface area contributed by atoms with E-state index in [-0.39, 0.29) is 29.6 Å². The summed E-state index contributed by atoms with van der Waals surface area (Å²) >= 11 is 0. The quantitative estimate of drug-likeness (QED) is 0.747. The molecule has 0 spiro atoms. The molecule has 0 aromatic heterocycles. The van der Waals surface area contributed by atoms with Gasteiger partial charge in [0.05, 0.1) is 5.41 Å². The molecular formula is C19H28ClN3O2. The molecule has 3 rings (SSSR count). The second-order valence-electron chi connectivity index (χ2n) is 7.13. The molecule has 1 saturated carbocycles. The number of halogens is 1. The summed E-state index contributed by atoms with van der Waals surface area (Å²) in [6.45, 7) is 3.90. The molecule has 25 heavy (non-hydrogen) atoms. The van der Waals surface area contributed by atoms with Gasteiger partial charge >= 0.3 is 0 Å². The molecule has 3 N–H and O–H groups in total. The average molecular weight is 366 g/mol. The number of hydrogen-bond acceptors (Lipinski definition) is 3. The SMILES string of the molecule is CC(NC(=O)[C@@]12CCCC[C@H]1CNC2)C(=O)NCc1ccccc1.Cl. The van der Waals surface area contributed by atoms with E-state index in [2.05, 4.69) is 16.0 Å². The number of benzene rings is 1. The van der Waals surface area contributed by atoms with Crippen LogP contribution in [0.5, 0.6) is 0 Å². The Morgan fingerprint density at radius 1 is 1.28 bits per heavy atom. The van der Waals surface area contributed by atoms with E-state index in [9.17, 15) is 9.59 Å². The zero-order valence-electron chi connectivity index (χ0n) is 14.7. The fourth-order valence-corrected chi connectivity index (χ4v) is 4.03. The molecule has 6 heteroatoms. The van der Waals surface area contributed by atoms with Gasteiger partial charge in [0.15, 0.2) is 0 Å². The number of carbonyl (C=O) groups is 2. The van der Waals surface area contributed by atoms with Crippen LogP contribution in [0, 0.1) is 11.3 Å². The van der Waals surface area contributed by atoms with E-state index in [1.54, 1.807) is 6.92 Å². The van der Waals surface area contributed by atoms with Gasteiger partial charge in [-0.1, -0.05) is 43.2 Å². The van der Waals surface area contributed by atoms with Gasteiger partial charge in [-0.2, -0.15) is 0 Å². The van der Waals surface area contributed by atoms with Crippen LogP contribution in [0.1, 0.15) is 38.2 Å². The summed E-state index contributed by atoms with van der Waals surface area (Å²) < 4.78 is 0. The second-order valence-corrected chi connectivity index (χ2v) is 7.13. The summed E-state index contributed by atoms with van der Waals surface area (Å²) in [6.07, 6.45) is 4.33. The number of nitrogens with one attached hydrogen (secondary N) is 3. The molecule has 0 bridgehead atoms. The second kappa shape index (κ2) is 8.68. The van der Waals surface area contributed by atoms with Gasteiger partial charge in [-0.3, -0.25) is 9.59 Å². The Labute approximate surface area is 155 Å².